The fraction of sp³-hybridized carbons (Fsp3) is 1.00. The molecule has 0 aromatic heterocycles. The molecule has 2 atom stereocenters. The standard InChI is InChI=1S/C14H28N2O.ClH/c1-3-14(12-17)5-4-8-16(11-14)10-13(2)6-7-15-9-13;/h15,17H,3-12H2,1-2H3;1H. The van der Waals surface area contributed by atoms with Crippen LogP contribution in [0.3, 0.4) is 0 Å². The maximum Gasteiger partial charge on any atom is 0.0499 e. The number of likely N-dealkylation sites (tertiary alicyclic amines) is 1. The van der Waals surface area contributed by atoms with Crippen LogP contribution in [0.5, 0.6) is 0 Å². The lowest BCUT2D eigenvalue weighted by Crippen LogP contribution is -2.48. The molecule has 0 amide bonds. The van der Waals surface area contributed by atoms with Gasteiger partial charge in [0.05, 0.1) is 0 Å². The zero-order valence-corrected chi connectivity index (χ0v) is 12.7. The third kappa shape index (κ3) is 3.60. The van der Waals surface area contributed by atoms with Crippen molar-refractivity contribution in [2.45, 2.75) is 39.5 Å². The van der Waals surface area contributed by atoms with Gasteiger partial charge in [0.25, 0.3) is 0 Å². The Hall–Kier alpha value is 0.170. The molecule has 2 fully saturated rings. The average molecular weight is 277 g/mol. The number of piperidine rings is 1. The second-order valence-electron chi connectivity index (χ2n) is 6.56. The fourth-order valence-electron chi connectivity index (χ4n) is 3.52. The SMILES string of the molecule is CCC1(CO)CCCN(CC2(C)CCNC2)C1.Cl. The van der Waals surface area contributed by atoms with Gasteiger partial charge in [0.2, 0.25) is 0 Å². The lowest BCUT2D eigenvalue weighted by atomic mass is 9.77. The summed E-state index contributed by atoms with van der Waals surface area (Å²) in [6, 6.07) is 0. The van der Waals surface area contributed by atoms with E-state index in [1.807, 2.05) is 0 Å². The van der Waals surface area contributed by atoms with Gasteiger partial charge in [0.1, 0.15) is 0 Å². The molecular weight excluding hydrogens is 248 g/mol. The quantitative estimate of drug-likeness (QED) is 0.823. The Morgan fingerprint density at radius 2 is 2.11 bits per heavy atom. The Balaban J connectivity index is 0.00000162. The third-order valence-electron chi connectivity index (χ3n) is 4.89. The summed E-state index contributed by atoms with van der Waals surface area (Å²) in [6.07, 6.45) is 4.85. The Labute approximate surface area is 118 Å². The van der Waals surface area contributed by atoms with Gasteiger partial charge in [0.15, 0.2) is 0 Å². The highest BCUT2D eigenvalue weighted by Gasteiger charge is 2.37. The van der Waals surface area contributed by atoms with Gasteiger partial charge in [-0.1, -0.05) is 13.8 Å². The highest BCUT2D eigenvalue weighted by atomic mass is 35.5. The highest BCUT2D eigenvalue weighted by molar-refractivity contribution is 5.85. The predicted octanol–water partition coefficient (Wildman–Crippen LogP) is 1.89. The summed E-state index contributed by atoms with van der Waals surface area (Å²) in [5.74, 6) is 0. The maximum absolute atomic E-state index is 9.65. The van der Waals surface area contributed by atoms with E-state index in [0.717, 1.165) is 19.5 Å². The summed E-state index contributed by atoms with van der Waals surface area (Å²) in [5, 5.41) is 13.1. The van der Waals surface area contributed by atoms with E-state index < -0.39 is 0 Å². The lowest BCUT2D eigenvalue weighted by Gasteiger charge is -2.44. The van der Waals surface area contributed by atoms with E-state index in [0.29, 0.717) is 12.0 Å². The van der Waals surface area contributed by atoms with Crippen LogP contribution < -0.4 is 5.32 Å². The second-order valence-corrected chi connectivity index (χ2v) is 6.56. The number of nitrogens with zero attached hydrogens (tertiary/aromatic N) is 1. The van der Waals surface area contributed by atoms with Gasteiger partial charge in [0, 0.05) is 31.7 Å². The van der Waals surface area contributed by atoms with Crippen molar-refractivity contribution in [2.75, 3.05) is 39.3 Å². The van der Waals surface area contributed by atoms with Crippen molar-refractivity contribution in [1.82, 2.24) is 10.2 Å². The van der Waals surface area contributed by atoms with E-state index >= 15 is 0 Å². The Morgan fingerprint density at radius 3 is 2.67 bits per heavy atom. The minimum absolute atomic E-state index is 0. The van der Waals surface area contributed by atoms with Crippen LogP contribution in [0.2, 0.25) is 0 Å². The Bertz CT molecular complexity index is 248. The van der Waals surface area contributed by atoms with Crippen molar-refractivity contribution in [3.63, 3.8) is 0 Å². The summed E-state index contributed by atoms with van der Waals surface area (Å²) in [4.78, 5) is 2.59. The number of nitrogens with one attached hydrogen (secondary N) is 1. The molecule has 4 heteroatoms. The van der Waals surface area contributed by atoms with E-state index in [1.165, 1.54) is 38.9 Å². The van der Waals surface area contributed by atoms with Crippen molar-refractivity contribution >= 4 is 12.4 Å². The molecule has 3 nitrogen and oxygen atoms in total. The molecule has 0 spiro atoms. The van der Waals surface area contributed by atoms with Gasteiger partial charge >= 0.3 is 0 Å². The summed E-state index contributed by atoms with van der Waals surface area (Å²) in [7, 11) is 0. The number of hydrogen-bond acceptors (Lipinski definition) is 3. The van der Waals surface area contributed by atoms with Crippen LogP contribution in [0.4, 0.5) is 0 Å². The Kier molecular flexibility index (Phi) is 5.91. The van der Waals surface area contributed by atoms with Crippen LogP contribution in [-0.2, 0) is 0 Å². The number of aliphatic hydroxyl groups excluding tert-OH is 1. The molecule has 108 valence electrons. The fourth-order valence-corrected chi connectivity index (χ4v) is 3.52. The maximum atomic E-state index is 9.65. The molecule has 0 aromatic carbocycles. The summed E-state index contributed by atoms with van der Waals surface area (Å²) < 4.78 is 0. The summed E-state index contributed by atoms with van der Waals surface area (Å²) in [6.45, 7) is 10.8. The van der Waals surface area contributed by atoms with Crippen molar-refractivity contribution in [3.05, 3.63) is 0 Å². The van der Waals surface area contributed by atoms with Crippen LogP contribution in [0.25, 0.3) is 0 Å². The molecular formula is C14H29ClN2O. The van der Waals surface area contributed by atoms with E-state index in [2.05, 4.69) is 24.1 Å². The van der Waals surface area contributed by atoms with Crippen LogP contribution in [0, 0.1) is 10.8 Å². The van der Waals surface area contributed by atoms with E-state index in [9.17, 15) is 5.11 Å². The molecule has 0 bridgehead atoms. The molecule has 0 saturated carbocycles. The van der Waals surface area contributed by atoms with Gasteiger partial charge in [-0.15, -0.1) is 12.4 Å². The summed E-state index contributed by atoms with van der Waals surface area (Å²) >= 11 is 0. The number of hydrogen-bond donors (Lipinski definition) is 2. The topological polar surface area (TPSA) is 35.5 Å². The minimum Gasteiger partial charge on any atom is -0.396 e. The van der Waals surface area contributed by atoms with E-state index in [-0.39, 0.29) is 17.8 Å². The molecule has 2 aliphatic heterocycles. The van der Waals surface area contributed by atoms with Crippen molar-refractivity contribution < 1.29 is 5.11 Å². The number of rotatable bonds is 4. The first kappa shape index (κ1) is 16.2. The zero-order valence-electron chi connectivity index (χ0n) is 11.9. The van der Waals surface area contributed by atoms with Crippen molar-refractivity contribution in [2.24, 2.45) is 10.8 Å². The normalized spacial score (nSPS) is 37.5. The smallest absolute Gasteiger partial charge is 0.0499 e. The first-order chi connectivity index (χ1) is 8.11. The van der Waals surface area contributed by atoms with Gasteiger partial charge < -0.3 is 15.3 Å². The molecule has 2 unspecified atom stereocenters. The second kappa shape index (κ2) is 6.56. The van der Waals surface area contributed by atoms with Crippen LogP contribution >= 0.6 is 12.4 Å². The van der Waals surface area contributed by atoms with Gasteiger partial charge in [-0.2, -0.15) is 0 Å². The zero-order chi connectivity index (χ0) is 12.4. The van der Waals surface area contributed by atoms with Crippen molar-refractivity contribution in [1.29, 1.82) is 0 Å². The molecule has 2 heterocycles. The van der Waals surface area contributed by atoms with Gasteiger partial charge in [-0.25, -0.2) is 0 Å². The molecule has 0 aliphatic carbocycles. The van der Waals surface area contributed by atoms with Gasteiger partial charge in [-0.05, 0) is 44.2 Å². The van der Waals surface area contributed by atoms with Gasteiger partial charge in [-0.3, -0.25) is 0 Å². The third-order valence-corrected chi connectivity index (χ3v) is 4.89. The minimum atomic E-state index is 0. The molecule has 2 aliphatic rings. The number of aliphatic hydroxyl groups is 1. The lowest BCUT2D eigenvalue weighted by molar-refractivity contribution is 0.0142. The monoisotopic (exact) mass is 276 g/mol. The summed E-state index contributed by atoms with van der Waals surface area (Å²) in [5.41, 5.74) is 0.632. The van der Waals surface area contributed by atoms with E-state index in [4.69, 9.17) is 0 Å². The van der Waals surface area contributed by atoms with Crippen molar-refractivity contribution in [3.8, 4) is 0 Å². The first-order valence-electron chi connectivity index (χ1n) is 7.15. The molecule has 0 aromatic rings. The molecule has 2 saturated heterocycles. The largest absolute Gasteiger partial charge is 0.396 e. The first-order valence-corrected chi connectivity index (χ1v) is 7.15. The van der Waals surface area contributed by atoms with E-state index in [1.54, 1.807) is 0 Å². The number of halogens is 1. The van der Waals surface area contributed by atoms with Crippen LogP contribution in [-0.4, -0.2) is 49.3 Å². The molecule has 2 N–H and O–H groups in total. The average Bonchev–Trinajstić information content (AvgIpc) is 2.76. The van der Waals surface area contributed by atoms with Crippen LogP contribution in [0.15, 0.2) is 0 Å². The molecule has 2 rings (SSSR count). The predicted molar refractivity (Wildman–Crippen MR) is 78.3 cm³/mol. The molecule has 0 radical (unpaired) electrons. The Morgan fingerprint density at radius 1 is 1.33 bits per heavy atom. The molecule has 18 heavy (non-hydrogen) atoms. The van der Waals surface area contributed by atoms with Crippen LogP contribution in [0.1, 0.15) is 39.5 Å². The highest BCUT2D eigenvalue weighted by Crippen LogP contribution is 2.35.